The number of carbonyl (C=O) groups is 14. The summed E-state index contributed by atoms with van der Waals surface area (Å²) >= 11 is 0. The fourth-order valence-corrected chi connectivity index (χ4v) is 11.0. The quantitative estimate of drug-likeness (QED) is 0.0350. The molecule has 1 fully saturated rings. The average molecular weight is 1430 g/mol. The van der Waals surface area contributed by atoms with Gasteiger partial charge in [-0.2, -0.15) is 0 Å². The molecule has 2 aromatic heterocycles. The van der Waals surface area contributed by atoms with E-state index in [4.69, 9.17) is 21.6 Å². The predicted molar refractivity (Wildman–Crippen MR) is 370 cm³/mol. The predicted octanol–water partition coefficient (Wildman–Crippen LogP) is -0.519. The molecule has 3 aromatic rings. The van der Waals surface area contributed by atoms with Crippen LogP contribution in [0.3, 0.4) is 0 Å². The lowest BCUT2D eigenvalue weighted by Crippen LogP contribution is -2.62. The van der Waals surface area contributed by atoms with Crippen LogP contribution in [-0.2, 0) is 75.2 Å². The van der Waals surface area contributed by atoms with Gasteiger partial charge in [0.25, 0.3) is 5.91 Å². The average Bonchev–Trinajstić information content (AvgIpc) is 1.75. The Bertz CT molecular complexity index is 3330. The van der Waals surface area contributed by atoms with Gasteiger partial charge in [0.15, 0.2) is 5.69 Å². The van der Waals surface area contributed by atoms with Crippen LogP contribution in [0.25, 0.3) is 0 Å². The number of oxazole rings is 1. The lowest BCUT2D eigenvalue weighted by Gasteiger charge is -2.30. The standard InChI is InChI=1S/C68H105N17O17/c1-10-36(6)53(71)68-85-56(39(9)102-68)67(101)81-45(28-35(4)5)61(95)76-44(24-25-51(87)88)60(94)84-54(37(7)11-2)65(99)77-42-23-17-19-27-73-57(91)48(31-50(70)86)79-64(98)49(32-52(89)90)80-63(97)47(30-41-33-72-34-74-41)78-62(96)46(29-40-20-14-13-15-21-40)82-66(100)55(38(8)12-3)83-59(93)43(75-58(42)92)22-16-18-26-69/h13-15,20-21,33-38,42-49,53-55H,10-12,16-19,22-32,69,71H2,1-9H3,(H2,70,86)(H,72,74)(H,73,91)(H,75,92)(H,76,95)(H,77,99)(H,78,96)(H,79,98)(H,80,97)(H,81,101)(H,82,100)(H,83,93)(H,84,94)(H,87,88)(H,89,90)/t36-,37-,38-,42?,43?,44-,45-,46?,47-,48?,49-,53-,54-,55-/m0/s1. The van der Waals surface area contributed by atoms with E-state index in [0.29, 0.717) is 24.1 Å². The number of imidazole rings is 1. The number of unbranched alkanes of at least 4 members (excludes halogenated alkanes) is 1. The van der Waals surface area contributed by atoms with Gasteiger partial charge in [-0.05, 0) is 94.1 Å². The Morgan fingerprint density at radius 1 is 0.657 bits per heavy atom. The highest BCUT2D eigenvalue weighted by atomic mass is 16.4. The van der Waals surface area contributed by atoms with Gasteiger partial charge in [-0.3, -0.25) is 67.1 Å². The number of hydrogen-bond donors (Lipinski definition) is 17. The van der Waals surface area contributed by atoms with Crippen LogP contribution >= 0.6 is 0 Å². The van der Waals surface area contributed by atoms with E-state index < -0.39 is 187 Å². The zero-order valence-corrected chi connectivity index (χ0v) is 59.6. The Morgan fingerprint density at radius 3 is 1.84 bits per heavy atom. The molecule has 1 aromatic carbocycles. The Hall–Kier alpha value is -9.86. The number of aromatic amines is 1. The maximum Gasteiger partial charge on any atom is 0.305 e. The number of carboxylic acids is 2. The normalized spacial score (nSPS) is 21.5. The van der Waals surface area contributed by atoms with Crippen molar-refractivity contribution in [3.8, 4) is 0 Å². The summed E-state index contributed by atoms with van der Waals surface area (Å²) < 4.78 is 5.75. The minimum Gasteiger partial charge on any atom is -0.481 e. The number of H-pyrrole nitrogens is 1. The number of carboxylic acid groups (broad SMARTS) is 2. The molecular weight excluding hydrogens is 1330 g/mol. The van der Waals surface area contributed by atoms with Crippen molar-refractivity contribution < 1.29 is 81.8 Å². The molecule has 3 heterocycles. The summed E-state index contributed by atoms with van der Waals surface area (Å²) in [4.78, 5) is 207. The summed E-state index contributed by atoms with van der Waals surface area (Å²) in [6.07, 6.45) is 0.660. The first-order valence-corrected chi connectivity index (χ1v) is 34.8. The summed E-state index contributed by atoms with van der Waals surface area (Å²) in [5.74, 6) is -16.0. The fraction of sp³-hybridized carbons (Fsp3) is 0.618. The summed E-state index contributed by atoms with van der Waals surface area (Å²) in [5.41, 5.74) is 18.4. The second-order valence-electron chi connectivity index (χ2n) is 26.4. The van der Waals surface area contributed by atoms with Crippen molar-refractivity contribution in [2.24, 2.45) is 40.9 Å². The molecule has 1 aliphatic rings. The number of rotatable bonds is 32. The molecule has 564 valence electrons. The van der Waals surface area contributed by atoms with Crippen LogP contribution < -0.4 is 75.7 Å². The Balaban J connectivity index is 1.79. The number of aliphatic carboxylic acids is 2. The summed E-state index contributed by atoms with van der Waals surface area (Å²) in [6.45, 7) is 15.6. The molecular formula is C68H105N17O17. The smallest absolute Gasteiger partial charge is 0.305 e. The van der Waals surface area contributed by atoms with Gasteiger partial charge < -0.3 is 95.3 Å². The molecule has 14 atom stereocenters. The van der Waals surface area contributed by atoms with E-state index in [0.717, 1.165) is 0 Å². The number of nitrogens with zero attached hydrogens (tertiary/aromatic N) is 2. The zero-order valence-electron chi connectivity index (χ0n) is 59.6. The van der Waals surface area contributed by atoms with Crippen LogP contribution in [-0.4, -0.2) is 181 Å². The molecule has 1 saturated heterocycles. The number of hydrogen-bond acceptors (Lipinski definition) is 19. The van der Waals surface area contributed by atoms with Gasteiger partial charge in [0.2, 0.25) is 70.9 Å². The van der Waals surface area contributed by atoms with Gasteiger partial charge in [-0.15, -0.1) is 0 Å². The molecule has 0 bridgehead atoms. The van der Waals surface area contributed by atoms with E-state index in [1.807, 2.05) is 13.8 Å². The number of amides is 12. The molecule has 102 heavy (non-hydrogen) atoms. The molecule has 34 nitrogen and oxygen atoms in total. The maximum atomic E-state index is 15.0. The molecule has 20 N–H and O–H groups in total. The van der Waals surface area contributed by atoms with E-state index in [1.165, 1.54) is 19.4 Å². The molecule has 4 rings (SSSR count). The number of carbonyl (C=O) groups excluding carboxylic acids is 12. The Kier molecular flexibility index (Phi) is 35.2. The molecule has 12 amide bonds. The second kappa shape index (κ2) is 42.4. The molecule has 1 aliphatic heterocycles. The number of aromatic nitrogens is 3. The Morgan fingerprint density at radius 2 is 1.25 bits per heavy atom. The monoisotopic (exact) mass is 1430 g/mol. The van der Waals surface area contributed by atoms with Crippen molar-refractivity contribution in [1.82, 2.24) is 73.4 Å². The van der Waals surface area contributed by atoms with Crippen LogP contribution in [0.15, 0.2) is 47.3 Å². The number of benzene rings is 1. The third-order valence-corrected chi connectivity index (χ3v) is 17.8. The van der Waals surface area contributed by atoms with Crippen molar-refractivity contribution in [3.63, 3.8) is 0 Å². The van der Waals surface area contributed by atoms with Crippen molar-refractivity contribution in [1.29, 1.82) is 0 Å². The number of nitrogens with one attached hydrogen (secondary N) is 12. The topological polar surface area (TPSA) is 545 Å². The summed E-state index contributed by atoms with van der Waals surface area (Å²) in [7, 11) is 0. The molecule has 0 spiro atoms. The molecule has 0 saturated carbocycles. The maximum absolute atomic E-state index is 15.0. The van der Waals surface area contributed by atoms with Crippen LogP contribution in [0.2, 0.25) is 0 Å². The van der Waals surface area contributed by atoms with Gasteiger partial charge in [-0.1, -0.05) is 105 Å². The van der Waals surface area contributed by atoms with Gasteiger partial charge in [-0.25, -0.2) is 9.97 Å². The van der Waals surface area contributed by atoms with Crippen LogP contribution in [0.5, 0.6) is 0 Å². The second-order valence-corrected chi connectivity index (χ2v) is 26.4. The van der Waals surface area contributed by atoms with Crippen molar-refractivity contribution in [2.45, 2.75) is 232 Å². The van der Waals surface area contributed by atoms with Crippen molar-refractivity contribution in [3.05, 3.63) is 71.5 Å². The third kappa shape index (κ3) is 27.6. The van der Waals surface area contributed by atoms with Crippen molar-refractivity contribution >= 4 is 82.8 Å². The first-order valence-electron chi connectivity index (χ1n) is 34.8. The minimum atomic E-state index is -1.95. The van der Waals surface area contributed by atoms with E-state index in [1.54, 1.807) is 71.9 Å². The highest BCUT2D eigenvalue weighted by Gasteiger charge is 2.39. The van der Waals surface area contributed by atoms with Crippen LogP contribution in [0.1, 0.15) is 185 Å². The lowest BCUT2D eigenvalue weighted by molar-refractivity contribution is -0.142. The van der Waals surface area contributed by atoms with Gasteiger partial charge in [0, 0.05) is 37.7 Å². The summed E-state index contributed by atoms with van der Waals surface area (Å²) in [6, 6.07) is -7.87. The minimum absolute atomic E-state index is 0.00412. The van der Waals surface area contributed by atoms with Gasteiger partial charge >= 0.3 is 11.9 Å². The van der Waals surface area contributed by atoms with E-state index in [2.05, 4.69) is 73.4 Å². The first-order chi connectivity index (χ1) is 48.3. The third-order valence-electron chi connectivity index (χ3n) is 17.8. The molecule has 34 heteroatoms. The Labute approximate surface area is 592 Å². The van der Waals surface area contributed by atoms with Crippen LogP contribution in [0, 0.1) is 30.6 Å². The molecule has 4 unspecified atom stereocenters. The molecule has 0 aliphatic carbocycles. The largest absolute Gasteiger partial charge is 0.481 e. The van der Waals surface area contributed by atoms with Gasteiger partial charge in [0.1, 0.15) is 66.2 Å². The highest BCUT2D eigenvalue weighted by molar-refractivity contribution is 6.01. The summed E-state index contributed by atoms with van der Waals surface area (Å²) in [5, 5.41) is 48.4. The number of primary amides is 1. The van der Waals surface area contributed by atoms with Crippen LogP contribution in [0.4, 0.5) is 0 Å². The van der Waals surface area contributed by atoms with E-state index in [9.17, 15) is 77.3 Å². The molecule has 0 radical (unpaired) electrons. The SMILES string of the molecule is CC[C@H](C)[C@@H]1NC(=O)C(CCCCN)NC(=O)C(NC(=O)[C@@H](NC(=O)[C@H](CCC(=O)O)NC(=O)[C@H](CC(C)C)NC(=O)c2nc([C@@H](N)[C@@H](C)CC)oc2C)[C@@H](C)CC)CCCCNC(=O)C(CC(N)=O)NC(=O)[C@H](CC(=O)O)NC(=O)[C@H](Cc2cnc[nH]2)NC(=O)C(Cc2ccccc2)NC1=O. The lowest BCUT2D eigenvalue weighted by atomic mass is 9.96. The van der Waals surface area contributed by atoms with Crippen molar-refractivity contribution in [2.75, 3.05) is 13.1 Å². The highest BCUT2D eigenvalue weighted by Crippen LogP contribution is 2.24. The number of nitrogens with two attached hydrogens (primary N) is 3. The first kappa shape index (κ1) is 84.6. The van der Waals surface area contributed by atoms with E-state index >= 15 is 0 Å². The zero-order chi connectivity index (χ0) is 75.9. The fourth-order valence-electron chi connectivity index (χ4n) is 11.0. The number of aryl methyl sites for hydroxylation is 1. The van der Waals surface area contributed by atoms with Gasteiger partial charge in [0.05, 0.1) is 25.2 Å². The van der Waals surface area contributed by atoms with E-state index in [-0.39, 0.29) is 106 Å².